The van der Waals surface area contributed by atoms with Crippen LogP contribution in [0, 0.1) is 0 Å². The van der Waals surface area contributed by atoms with Gasteiger partial charge in [-0.1, -0.05) is 6.07 Å². The van der Waals surface area contributed by atoms with Crippen molar-refractivity contribution in [2.24, 2.45) is 5.73 Å². The Morgan fingerprint density at radius 2 is 1.71 bits per heavy atom. The van der Waals surface area contributed by atoms with Gasteiger partial charge in [-0.05, 0) is 28.1 Å². The van der Waals surface area contributed by atoms with Crippen LogP contribution in [0.2, 0.25) is 0 Å². The van der Waals surface area contributed by atoms with Crippen molar-refractivity contribution >= 4 is 28.3 Å². The summed E-state index contributed by atoms with van der Waals surface area (Å²) in [4.78, 5) is 3.46. The molecule has 9 heteroatoms. The molecule has 0 saturated heterocycles. The molecule has 17 heavy (non-hydrogen) atoms. The molecule has 0 aliphatic carbocycles. The first kappa shape index (κ1) is 16.5. The van der Waals surface area contributed by atoms with Gasteiger partial charge in [-0.15, -0.1) is 12.4 Å². The van der Waals surface area contributed by atoms with Gasteiger partial charge >= 0.3 is 12.1 Å². The monoisotopic (exact) mass is 340 g/mol. The number of hydrogen-bond acceptors (Lipinski definition) is 2. The molecule has 0 amide bonds. The molecule has 98 valence electrons. The first-order chi connectivity index (χ1) is 7.16. The van der Waals surface area contributed by atoms with E-state index < -0.39 is 23.8 Å². The normalized spacial score (nSPS) is 14.1. The fourth-order valence-corrected chi connectivity index (χ4v) is 1.32. The summed E-state index contributed by atoms with van der Waals surface area (Å²) in [5, 5.41) is 0. The fourth-order valence-electron chi connectivity index (χ4n) is 0.959. The molecule has 2 nitrogen and oxygen atoms in total. The quantitative estimate of drug-likeness (QED) is 0.661. The summed E-state index contributed by atoms with van der Waals surface area (Å²) in [6.45, 7) is 0. The summed E-state index contributed by atoms with van der Waals surface area (Å²) >= 11 is 2.85. The van der Waals surface area contributed by atoms with Gasteiger partial charge in [0.05, 0.1) is 5.69 Å². The summed E-state index contributed by atoms with van der Waals surface area (Å²) in [6, 6.07) is 1.15. The Hall–Kier alpha value is -0.470. The van der Waals surface area contributed by atoms with E-state index in [9.17, 15) is 22.0 Å². The summed E-state index contributed by atoms with van der Waals surface area (Å²) < 4.78 is 61.8. The molecule has 1 rings (SSSR count). The third-order valence-electron chi connectivity index (χ3n) is 1.82. The van der Waals surface area contributed by atoms with Crippen molar-refractivity contribution in [3.05, 3.63) is 28.5 Å². The zero-order valence-electron chi connectivity index (χ0n) is 8.01. The Morgan fingerprint density at radius 3 is 2.12 bits per heavy atom. The molecular weight excluding hydrogens is 334 g/mol. The number of rotatable bonds is 2. The lowest BCUT2D eigenvalue weighted by molar-refractivity contribution is -0.291. The highest BCUT2D eigenvalue weighted by atomic mass is 79.9. The molecule has 0 radical (unpaired) electrons. The third kappa shape index (κ3) is 3.49. The van der Waals surface area contributed by atoms with E-state index in [2.05, 4.69) is 20.9 Å². The molecule has 0 bridgehead atoms. The van der Waals surface area contributed by atoms with E-state index in [1.807, 2.05) is 0 Å². The van der Waals surface area contributed by atoms with Crippen LogP contribution in [0.5, 0.6) is 0 Å². The number of alkyl halides is 5. The maximum atomic E-state index is 12.8. The zero-order chi connectivity index (χ0) is 12.6. The topological polar surface area (TPSA) is 38.9 Å². The fraction of sp³-hybridized carbons (Fsp3) is 0.375. The summed E-state index contributed by atoms with van der Waals surface area (Å²) in [7, 11) is 0. The number of pyridine rings is 1. The van der Waals surface area contributed by atoms with E-state index in [0.717, 1.165) is 6.07 Å². The van der Waals surface area contributed by atoms with Crippen LogP contribution in [0.15, 0.2) is 22.8 Å². The van der Waals surface area contributed by atoms with Gasteiger partial charge in [-0.2, -0.15) is 22.0 Å². The van der Waals surface area contributed by atoms with Gasteiger partial charge in [0.1, 0.15) is 10.6 Å². The van der Waals surface area contributed by atoms with E-state index in [1.54, 1.807) is 0 Å². The van der Waals surface area contributed by atoms with Crippen molar-refractivity contribution in [1.82, 2.24) is 4.98 Å². The first-order valence-electron chi connectivity index (χ1n) is 3.99. The largest absolute Gasteiger partial charge is 0.455 e. The number of nitrogens with zero attached hydrogens (tertiary/aromatic N) is 1. The standard InChI is InChI=1S/C8H6BrF5N2.ClH/c9-5-3-1-2-4(16-5)6(15)7(10,11)8(12,13)14;/h1-3,6H,15H2;1H/t6-;/m1./s1. The lowest BCUT2D eigenvalue weighted by Crippen LogP contribution is -2.46. The summed E-state index contributed by atoms with van der Waals surface area (Å²) in [5.74, 6) is -5.01. The van der Waals surface area contributed by atoms with Crippen LogP contribution in [-0.2, 0) is 0 Å². The molecular formula is C8H7BrClF5N2. The molecule has 1 aromatic heterocycles. The van der Waals surface area contributed by atoms with Crippen molar-refractivity contribution in [2.45, 2.75) is 18.1 Å². The van der Waals surface area contributed by atoms with E-state index >= 15 is 0 Å². The molecule has 1 heterocycles. The predicted octanol–water partition coefficient (Wildman–Crippen LogP) is 3.46. The molecule has 2 N–H and O–H groups in total. The SMILES string of the molecule is Cl.N[C@H](c1cccc(Br)n1)C(F)(F)C(F)(F)F. The van der Waals surface area contributed by atoms with E-state index in [0.29, 0.717) is 0 Å². The molecule has 1 atom stereocenters. The van der Waals surface area contributed by atoms with Gasteiger partial charge in [0, 0.05) is 0 Å². The van der Waals surface area contributed by atoms with Crippen molar-refractivity contribution in [3.8, 4) is 0 Å². The molecule has 0 spiro atoms. The zero-order valence-corrected chi connectivity index (χ0v) is 10.4. The smallest absolute Gasteiger partial charge is 0.317 e. The molecule has 0 unspecified atom stereocenters. The molecule has 0 aliphatic heterocycles. The van der Waals surface area contributed by atoms with Crippen LogP contribution in [0.25, 0.3) is 0 Å². The second-order valence-electron chi connectivity index (χ2n) is 2.98. The highest BCUT2D eigenvalue weighted by molar-refractivity contribution is 9.10. The Kier molecular flexibility index (Phi) is 5.30. The second-order valence-corrected chi connectivity index (χ2v) is 3.80. The van der Waals surface area contributed by atoms with Gasteiger partial charge in [0.15, 0.2) is 0 Å². The lowest BCUT2D eigenvalue weighted by Gasteiger charge is -2.25. The number of halogens is 7. The maximum absolute atomic E-state index is 12.8. The minimum atomic E-state index is -5.70. The minimum absolute atomic E-state index is 0. The molecule has 0 fully saturated rings. The number of hydrogen-bond donors (Lipinski definition) is 1. The van der Waals surface area contributed by atoms with Crippen LogP contribution in [0.1, 0.15) is 11.7 Å². The third-order valence-corrected chi connectivity index (χ3v) is 2.27. The molecule has 1 aromatic rings. The van der Waals surface area contributed by atoms with Crippen molar-refractivity contribution in [1.29, 1.82) is 0 Å². The van der Waals surface area contributed by atoms with E-state index in [1.165, 1.54) is 12.1 Å². The minimum Gasteiger partial charge on any atom is -0.317 e. The lowest BCUT2D eigenvalue weighted by atomic mass is 10.1. The highest BCUT2D eigenvalue weighted by Gasteiger charge is 2.62. The number of nitrogens with two attached hydrogens (primary N) is 1. The van der Waals surface area contributed by atoms with Crippen LogP contribution < -0.4 is 5.73 Å². The molecule has 0 aromatic carbocycles. The van der Waals surface area contributed by atoms with Crippen LogP contribution in [0.3, 0.4) is 0 Å². The van der Waals surface area contributed by atoms with Crippen molar-refractivity contribution < 1.29 is 22.0 Å². The Balaban J connectivity index is 0.00000256. The van der Waals surface area contributed by atoms with E-state index in [4.69, 9.17) is 5.73 Å². The van der Waals surface area contributed by atoms with Gasteiger partial charge < -0.3 is 5.73 Å². The first-order valence-corrected chi connectivity index (χ1v) is 4.78. The van der Waals surface area contributed by atoms with E-state index in [-0.39, 0.29) is 17.0 Å². The van der Waals surface area contributed by atoms with Gasteiger partial charge in [-0.3, -0.25) is 0 Å². The van der Waals surface area contributed by atoms with Gasteiger partial charge in [0.2, 0.25) is 0 Å². The van der Waals surface area contributed by atoms with Crippen LogP contribution in [-0.4, -0.2) is 17.1 Å². The average Bonchev–Trinajstić information content (AvgIpc) is 2.14. The highest BCUT2D eigenvalue weighted by Crippen LogP contribution is 2.42. The van der Waals surface area contributed by atoms with Crippen LogP contribution >= 0.6 is 28.3 Å². The van der Waals surface area contributed by atoms with Crippen LogP contribution in [0.4, 0.5) is 22.0 Å². The van der Waals surface area contributed by atoms with Gasteiger partial charge in [0.25, 0.3) is 0 Å². The number of aromatic nitrogens is 1. The van der Waals surface area contributed by atoms with Crippen molar-refractivity contribution in [2.75, 3.05) is 0 Å². The second kappa shape index (κ2) is 5.45. The predicted molar refractivity (Wildman–Crippen MR) is 57.1 cm³/mol. The van der Waals surface area contributed by atoms with Gasteiger partial charge in [-0.25, -0.2) is 4.98 Å². The molecule has 0 saturated carbocycles. The maximum Gasteiger partial charge on any atom is 0.455 e. The Bertz CT molecular complexity index is 384. The summed E-state index contributed by atoms with van der Waals surface area (Å²) in [6.07, 6.45) is -5.70. The Morgan fingerprint density at radius 1 is 1.18 bits per heavy atom. The molecule has 0 aliphatic rings. The Labute approximate surface area is 108 Å². The average molecular weight is 342 g/mol. The summed E-state index contributed by atoms with van der Waals surface area (Å²) in [5.41, 5.74) is 4.34. The van der Waals surface area contributed by atoms with Crippen molar-refractivity contribution in [3.63, 3.8) is 0 Å².